The van der Waals surface area contributed by atoms with E-state index in [4.69, 9.17) is 0 Å². The quantitative estimate of drug-likeness (QED) is 0.191. The summed E-state index contributed by atoms with van der Waals surface area (Å²) in [5.41, 5.74) is 0. The summed E-state index contributed by atoms with van der Waals surface area (Å²) in [4.78, 5) is 0. The SMILES string of the molecule is O=[P+](c1ccccc1)c1ccc2sc3ccc(P(=O)(c4ccccc4)c4ccccc4)cc3c2c1.c1ccccc1. The summed E-state index contributed by atoms with van der Waals surface area (Å²) in [7, 11) is -4.75. The number of hydrogen-bond donors (Lipinski definition) is 0. The Morgan fingerprint density at radius 1 is 0.439 bits per heavy atom. The molecule has 0 fully saturated rings. The molecule has 0 radical (unpaired) electrons. The second kappa shape index (κ2) is 12.2. The van der Waals surface area contributed by atoms with E-state index in [1.54, 1.807) is 11.3 Å². The van der Waals surface area contributed by atoms with Crippen molar-refractivity contribution in [3.63, 3.8) is 0 Å². The summed E-state index contributed by atoms with van der Waals surface area (Å²) < 4.78 is 30.3. The van der Waals surface area contributed by atoms with Gasteiger partial charge in [-0.15, -0.1) is 11.3 Å². The Balaban J connectivity index is 0.000000449. The van der Waals surface area contributed by atoms with E-state index in [0.717, 1.165) is 46.7 Å². The van der Waals surface area contributed by atoms with Crippen molar-refractivity contribution >= 4 is 73.0 Å². The molecule has 0 bridgehead atoms. The smallest absolute Gasteiger partial charge is 0.309 e. The zero-order chi connectivity index (χ0) is 28.1. The van der Waals surface area contributed by atoms with E-state index in [1.165, 1.54) is 0 Å². The first-order valence-electron chi connectivity index (χ1n) is 13.3. The summed E-state index contributed by atoms with van der Waals surface area (Å²) in [6, 6.07) is 53.2. The first-order valence-corrected chi connectivity index (χ1v) is 17.1. The van der Waals surface area contributed by atoms with E-state index in [1.807, 2.05) is 146 Å². The van der Waals surface area contributed by atoms with Gasteiger partial charge in [0.25, 0.3) is 0 Å². The van der Waals surface area contributed by atoms with Crippen molar-refractivity contribution in [1.82, 2.24) is 0 Å². The van der Waals surface area contributed by atoms with Crippen LogP contribution in [-0.2, 0) is 9.13 Å². The predicted molar refractivity (Wildman–Crippen MR) is 178 cm³/mol. The van der Waals surface area contributed by atoms with E-state index in [2.05, 4.69) is 18.2 Å². The predicted octanol–water partition coefficient (Wildman–Crippen LogP) is 8.16. The fraction of sp³-hybridized carbons (Fsp3) is 0. The third-order valence-electron chi connectivity index (χ3n) is 6.93. The molecular weight excluding hydrogens is 558 g/mol. The standard InChI is InChI=1S/C30H21O2P2S.C6H6/c31-33(22-10-4-1-5-11-22)23-16-18-29-27(20-23)28-21-26(17-19-30(28)35-29)34(32,24-12-6-2-7-13-24)25-14-8-3-9-15-25;1-2-4-6-5-3-1/h1-21H;1-6H/q+1;. The molecule has 0 N–H and O–H groups in total. The number of fused-ring (bicyclic) bond motifs is 3. The molecule has 1 aromatic heterocycles. The molecule has 1 unspecified atom stereocenters. The number of thiophene rings is 1. The van der Waals surface area contributed by atoms with Crippen molar-refractivity contribution in [1.29, 1.82) is 0 Å². The lowest BCUT2D eigenvalue weighted by Gasteiger charge is -2.20. The van der Waals surface area contributed by atoms with Crippen LogP contribution in [0.1, 0.15) is 0 Å². The van der Waals surface area contributed by atoms with Crippen molar-refractivity contribution in [3.8, 4) is 0 Å². The third kappa shape index (κ3) is 5.58. The Kier molecular flexibility index (Phi) is 8.03. The lowest BCUT2D eigenvalue weighted by atomic mass is 10.1. The Morgan fingerprint density at radius 2 is 0.878 bits per heavy atom. The molecule has 6 aromatic carbocycles. The maximum absolute atomic E-state index is 14.8. The fourth-order valence-corrected chi connectivity index (χ4v) is 9.83. The highest BCUT2D eigenvalue weighted by Gasteiger charge is 2.30. The highest BCUT2D eigenvalue weighted by Crippen LogP contribution is 2.44. The number of hydrogen-bond acceptors (Lipinski definition) is 3. The van der Waals surface area contributed by atoms with Crippen LogP contribution in [0.4, 0.5) is 0 Å². The lowest BCUT2D eigenvalue weighted by molar-refractivity contribution is 0.592. The van der Waals surface area contributed by atoms with E-state index in [9.17, 15) is 9.13 Å². The zero-order valence-electron chi connectivity index (χ0n) is 22.2. The van der Waals surface area contributed by atoms with Gasteiger partial charge in [-0.2, -0.15) is 0 Å². The van der Waals surface area contributed by atoms with Crippen LogP contribution >= 0.6 is 26.3 Å². The molecule has 41 heavy (non-hydrogen) atoms. The normalized spacial score (nSPS) is 11.6. The van der Waals surface area contributed by atoms with E-state index < -0.39 is 14.9 Å². The molecule has 0 aliphatic carbocycles. The number of rotatable bonds is 5. The van der Waals surface area contributed by atoms with Crippen LogP contribution in [0.5, 0.6) is 0 Å². The molecule has 0 amide bonds. The monoisotopic (exact) mass is 585 g/mol. The summed E-state index contributed by atoms with van der Waals surface area (Å²) in [6.45, 7) is 0. The minimum Gasteiger partial charge on any atom is -0.309 e. The fourth-order valence-electron chi connectivity index (χ4n) is 4.90. The van der Waals surface area contributed by atoms with Crippen molar-refractivity contribution in [2.24, 2.45) is 0 Å². The van der Waals surface area contributed by atoms with Crippen LogP contribution in [0.3, 0.4) is 0 Å². The van der Waals surface area contributed by atoms with Crippen LogP contribution in [0.15, 0.2) is 164 Å². The van der Waals surface area contributed by atoms with Gasteiger partial charge >= 0.3 is 7.80 Å². The Labute approximate surface area is 245 Å². The maximum Gasteiger partial charge on any atom is 0.415 e. The average molecular weight is 586 g/mol. The molecule has 0 aliphatic heterocycles. The molecule has 198 valence electrons. The van der Waals surface area contributed by atoms with Crippen LogP contribution < -0.4 is 26.5 Å². The summed E-state index contributed by atoms with van der Waals surface area (Å²) >= 11 is 1.70. The van der Waals surface area contributed by atoms with Crippen molar-refractivity contribution in [2.75, 3.05) is 0 Å². The lowest BCUT2D eigenvalue weighted by Crippen LogP contribution is -2.24. The first kappa shape index (κ1) is 27.1. The molecule has 7 rings (SSSR count). The highest BCUT2D eigenvalue weighted by molar-refractivity contribution is 7.85. The van der Waals surface area contributed by atoms with E-state index >= 15 is 0 Å². The summed E-state index contributed by atoms with van der Waals surface area (Å²) in [6.07, 6.45) is 0. The van der Waals surface area contributed by atoms with Gasteiger partial charge in [0.15, 0.2) is 17.8 Å². The van der Waals surface area contributed by atoms with E-state index in [-0.39, 0.29) is 0 Å². The van der Waals surface area contributed by atoms with Crippen molar-refractivity contribution < 1.29 is 9.13 Å². The minimum absolute atomic E-state index is 0.804. The Morgan fingerprint density at radius 3 is 1.41 bits per heavy atom. The first-order chi connectivity index (χ1) is 20.1. The zero-order valence-corrected chi connectivity index (χ0v) is 24.8. The average Bonchev–Trinajstić information content (AvgIpc) is 3.43. The van der Waals surface area contributed by atoms with Gasteiger partial charge in [-0.1, -0.05) is 120 Å². The van der Waals surface area contributed by atoms with Crippen LogP contribution in [0.2, 0.25) is 0 Å². The number of benzene rings is 6. The molecule has 0 aliphatic rings. The molecule has 1 atom stereocenters. The van der Waals surface area contributed by atoms with Gasteiger partial charge in [0.2, 0.25) is 0 Å². The molecule has 0 saturated carbocycles. The molecule has 0 spiro atoms. The van der Waals surface area contributed by atoms with Crippen molar-refractivity contribution in [2.45, 2.75) is 0 Å². The second-order valence-electron chi connectivity index (χ2n) is 9.53. The molecule has 0 saturated heterocycles. The van der Waals surface area contributed by atoms with Gasteiger partial charge in [-0.3, -0.25) is 0 Å². The van der Waals surface area contributed by atoms with Gasteiger partial charge in [0.1, 0.15) is 0 Å². The van der Waals surface area contributed by atoms with Crippen LogP contribution in [0, 0.1) is 0 Å². The molecule has 1 heterocycles. The van der Waals surface area contributed by atoms with Gasteiger partial charge in [0, 0.05) is 42.2 Å². The minimum atomic E-state index is -3.07. The van der Waals surface area contributed by atoms with E-state index in [0.29, 0.717) is 0 Å². The second-order valence-corrected chi connectivity index (χ2v) is 15.0. The highest BCUT2D eigenvalue weighted by atomic mass is 32.1. The van der Waals surface area contributed by atoms with Crippen LogP contribution in [-0.4, -0.2) is 0 Å². The molecule has 7 aromatic rings. The topological polar surface area (TPSA) is 34.1 Å². The Bertz CT molecular complexity index is 1900. The van der Waals surface area contributed by atoms with Gasteiger partial charge in [-0.25, -0.2) is 0 Å². The molecular formula is C36H27O2P2S+. The maximum atomic E-state index is 14.8. The Hall–Kier alpha value is -4.13. The van der Waals surface area contributed by atoms with Gasteiger partial charge < -0.3 is 4.57 Å². The summed E-state index contributed by atoms with van der Waals surface area (Å²) in [5, 5.41) is 6.16. The van der Waals surface area contributed by atoms with Crippen molar-refractivity contribution in [3.05, 3.63) is 164 Å². The molecule has 2 nitrogen and oxygen atoms in total. The van der Waals surface area contributed by atoms with Gasteiger partial charge in [0.05, 0.1) is 0 Å². The third-order valence-corrected chi connectivity index (χ3v) is 12.7. The molecule has 5 heteroatoms. The largest absolute Gasteiger partial charge is 0.415 e. The van der Waals surface area contributed by atoms with Crippen LogP contribution in [0.25, 0.3) is 20.2 Å². The summed E-state index contributed by atoms with van der Waals surface area (Å²) in [5.74, 6) is 0. The van der Waals surface area contributed by atoms with Gasteiger partial charge in [-0.05, 0) is 42.5 Å².